The molecule has 0 spiro atoms. The van der Waals surface area contributed by atoms with Gasteiger partial charge in [-0.2, -0.15) is 0 Å². The van der Waals surface area contributed by atoms with Gasteiger partial charge in [-0.1, -0.05) is 159 Å². The van der Waals surface area contributed by atoms with E-state index >= 15 is 0 Å². The maximum Gasteiger partial charge on any atom is 0.164 e. The molecule has 12 rings (SSSR count). The summed E-state index contributed by atoms with van der Waals surface area (Å²) in [5.41, 5.74) is 13.8. The average molecular weight is 833 g/mol. The summed E-state index contributed by atoms with van der Waals surface area (Å²) in [6.07, 6.45) is 7.59. The van der Waals surface area contributed by atoms with Gasteiger partial charge in [-0.25, -0.2) is 15.0 Å². The van der Waals surface area contributed by atoms with Crippen molar-refractivity contribution in [2.24, 2.45) is 0 Å². The van der Waals surface area contributed by atoms with Crippen LogP contribution in [0, 0.1) is 0 Å². The lowest BCUT2D eigenvalue weighted by Gasteiger charge is -2.12. The Hall–Kier alpha value is -8.87. The molecule has 0 saturated carbocycles. The van der Waals surface area contributed by atoms with Crippen LogP contribution in [0.5, 0.6) is 0 Å². The Bertz CT molecular complexity index is 3850. The molecule has 0 aliphatic heterocycles. The molecule has 0 aliphatic rings. The average Bonchev–Trinajstić information content (AvgIpc) is 4.06. The molecule has 0 aliphatic carbocycles. The van der Waals surface area contributed by atoms with Crippen LogP contribution >= 0.6 is 0 Å². The predicted octanol–water partition coefficient (Wildman–Crippen LogP) is 14.8. The molecule has 0 unspecified atom stereocenters. The van der Waals surface area contributed by atoms with Crippen LogP contribution in [0.25, 0.3) is 111 Å². The molecule has 6 heteroatoms. The van der Waals surface area contributed by atoms with Crippen LogP contribution in [0.1, 0.15) is 5.82 Å². The van der Waals surface area contributed by atoms with Crippen molar-refractivity contribution in [2.45, 2.75) is 0 Å². The second-order valence-corrected chi connectivity index (χ2v) is 16.2. The maximum atomic E-state index is 5.06. The molecule has 65 heavy (non-hydrogen) atoms. The minimum atomic E-state index is 0.532. The largest absolute Gasteiger partial charge is 0.316 e. The van der Waals surface area contributed by atoms with Gasteiger partial charge in [-0.3, -0.25) is 0 Å². The van der Waals surface area contributed by atoms with Crippen molar-refractivity contribution in [2.75, 3.05) is 0 Å². The minimum Gasteiger partial charge on any atom is -0.316 e. The Morgan fingerprint density at radius 3 is 1.86 bits per heavy atom. The minimum absolute atomic E-state index is 0.532. The van der Waals surface area contributed by atoms with E-state index in [-0.39, 0.29) is 0 Å². The Kier molecular flexibility index (Phi) is 9.02. The van der Waals surface area contributed by atoms with E-state index in [0.717, 1.165) is 66.6 Å². The number of para-hydroxylation sites is 2. The third-order valence-corrected chi connectivity index (χ3v) is 12.5. The summed E-state index contributed by atoms with van der Waals surface area (Å²) in [6, 6.07) is 68.9. The molecular weight excluding hydrogens is 793 g/mol. The number of nitrogens with zero attached hydrogens (tertiary/aromatic N) is 6. The van der Waals surface area contributed by atoms with Crippen molar-refractivity contribution >= 4 is 60.1 Å². The zero-order valence-electron chi connectivity index (χ0n) is 35.4. The number of benzene rings is 8. The van der Waals surface area contributed by atoms with Crippen molar-refractivity contribution in [3.8, 4) is 51.0 Å². The van der Waals surface area contributed by atoms with Crippen LogP contribution in [0.3, 0.4) is 0 Å². The van der Waals surface area contributed by atoms with E-state index in [4.69, 9.17) is 15.0 Å². The van der Waals surface area contributed by atoms with Crippen LogP contribution in [0.4, 0.5) is 0 Å². The first-order valence-corrected chi connectivity index (χ1v) is 21.8. The lowest BCUT2D eigenvalue weighted by molar-refractivity contribution is 1.04. The van der Waals surface area contributed by atoms with Crippen LogP contribution in [0.2, 0.25) is 0 Å². The first-order chi connectivity index (χ1) is 32.2. The van der Waals surface area contributed by atoms with Gasteiger partial charge in [0.25, 0.3) is 0 Å². The summed E-state index contributed by atoms with van der Waals surface area (Å²) in [5, 5.41) is 5.97. The molecule has 0 bridgehead atoms. The molecule has 0 fully saturated rings. The second-order valence-electron chi connectivity index (χ2n) is 16.2. The van der Waals surface area contributed by atoms with E-state index < -0.39 is 0 Å². The number of rotatable bonds is 9. The smallest absolute Gasteiger partial charge is 0.164 e. The van der Waals surface area contributed by atoms with E-state index in [1.165, 1.54) is 32.8 Å². The Morgan fingerprint density at radius 2 is 1.08 bits per heavy atom. The molecule has 8 aromatic carbocycles. The summed E-state index contributed by atoms with van der Waals surface area (Å²) in [6.45, 7) is 7.97. The molecule has 306 valence electrons. The predicted molar refractivity (Wildman–Crippen MR) is 270 cm³/mol. The quantitative estimate of drug-likeness (QED) is 0.136. The molecular formula is C59H40N6. The summed E-state index contributed by atoms with van der Waals surface area (Å²) in [5.74, 6) is 1.69. The Labute approximate surface area is 375 Å². The zero-order valence-corrected chi connectivity index (χ0v) is 35.4. The summed E-state index contributed by atoms with van der Waals surface area (Å²) in [4.78, 5) is 15.0. The lowest BCUT2D eigenvalue weighted by Crippen LogP contribution is -2.03. The van der Waals surface area contributed by atoms with E-state index in [1.807, 2.05) is 36.4 Å². The van der Waals surface area contributed by atoms with Gasteiger partial charge < -0.3 is 13.7 Å². The Balaban J connectivity index is 1.10. The van der Waals surface area contributed by atoms with Crippen molar-refractivity contribution in [1.29, 1.82) is 0 Å². The van der Waals surface area contributed by atoms with Crippen LogP contribution in [-0.4, -0.2) is 28.7 Å². The van der Waals surface area contributed by atoms with Crippen molar-refractivity contribution in [1.82, 2.24) is 28.7 Å². The molecule has 0 N–H and O–H groups in total. The van der Waals surface area contributed by atoms with Crippen LogP contribution in [-0.2, 0) is 0 Å². The molecule has 12 aromatic rings. The molecule has 0 radical (unpaired) electrons. The van der Waals surface area contributed by atoms with Gasteiger partial charge in [0.2, 0.25) is 0 Å². The third-order valence-electron chi connectivity index (χ3n) is 12.5. The van der Waals surface area contributed by atoms with Crippen LogP contribution < -0.4 is 0 Å². The summed E-state index contributed by atoms with van der Waals surface area (Å²) < 4.78 is 7.15. The van der Waals surface area contributed by atoms with Gasteiger partial charge >= 0.3 is 0 Å². The van der Waals surface area contributed by atoms with E-state index in [0.29, 0.717) is 17.5 Å². The fourth-order valence-corrected chi connectivity index (χ4v) is 9.57. The van der Waals surface area contributed by atoms with Crippen molar-refractivity contribution in [3.63, 3.8) is 0 Å². The highest BCUT2D eigenvalue weighted by Gasteiger charge is 2.22. The monoisotopic (exact) mass is 832 g/mol. The topological polar surface area (TPSA) is 53.5 Å². The van der Waals surface area contributed by atoms with Crippen LogP contribution in [0.15, 0.2) is 232 Å². The maximum absolute atomic E-state index is 5.06. The Morgan fingerprint density at radius 1 is 0.431 bits per heavy atom. The van der Waals surface area contributed by atoms with E-state index in [2.05, 4.69) is 197 Å². The first-order valence-electron chi connectivity index (χ1n) is 21.8. The fourth-order valence-electron chi connectivity index (χ4n) is 9.57. The highest BCUT2D eigenvalue weighted by molar-refractivity contribution is 6.19. The van der Waals surface area contributed by atoms with Gasteiger partial charge in [0.1, 0.15) is 0 Å². The fraction of sp³-hybridized carbons (Fsp3) is 0. The van der Waals surface area contributed by atoms with Gasteiger partial charge in [0, 0.05) is 61.2 Å². The molecule has 0 amide bonds. The molecule has 4 aromatic heterocycles. The van der Waals surface area contributed by atoms with Crippen molar-refractivity contribution < 1.29 is 0 Å². The molecule has 6 nitrogen and oxygen atoms in total. The highest BCUT2D eigenvalue weighted by atomic mass is 15.0. The van der Waals surface area contributed by atoms with E-state index in [9.17, 15) is 0 Å². The summed E-state index contributed by atoms with van der Waals surface area (Å²) >= 11 is 0. The van der Waals surface area contributed by atoms with Crippen molar-refractivity contribution in [3.05, 3.63) is 238 Å². The number of hydrogen-bond acceptors (Lipinski definition) is 3. The lowest BCUT2D eigenvalue weighted by atomic mass is 10.0. The first kappa shape index (κ1) is 37.9. The zero-order chi connectivity index (χ0) is 43.4. The summed E-state index contributed by atoms with van der Waals surface area (Å²) in [7, 11) is 0. The highest BCUT2D eigenvalue weighted by Crippen LogP contribution is 2.42. The number of fused-ring (bicyclic) bond motifs is 8. The number of aromatic nitrogens is 6. The third kappa shape index (κ3) is 6.22. The van der Waals surface area contributed by atoms with Gasteiger partial charge in [-0.15, -0.1) is 0 Å². The number of allylic oxidation sites excluding steroid dienone is 4. The normalized spacial score (nSPS) is 11.9. The van der Waals surface area contributed by atoms with Gasteiger partial charge in [0.15, 0.2) is 17.5 Å². The van der Waals surface area contributed by atoms with Gasteiger partial charge in [-0.05, 0) is 77.9 Å². The second kappa shape index (κ2) is 15.5. The SMILES string of the molecule is C=C/C=C(\C=C)c1nc(-c2ccccc2)nc(-c2cccc(-n3c4ccc(-c5ccccc5)cc4c4c(-n5ccc6c5ccc5c7ccccc7n(-c7ccccc7)c56)cccc43)c2)n1. The standard InChI is InChI=1S/C59H40N6/c1-3-18-39(4-2)57-60-58(41-21-10-6-11-22-41)62-59(61-57)43-23-16-26-45(37-43)64-52-33-31-42(40-19-8-5-9-20-40)38-49(52)55-53(29-17-30-54(55)64)63-36-35-48-50(63)34-32-47-46-27-14-15-28-51(46)65(56(47)48)44-24-12-7-13-25-44/h3-38H,1-2H2/b39-18+. The van der Waals surface area contributed by atoms with E-state index in [1.54, 1.807) is 12.2 Å². The molecule has 0 atom stereocenters. The van der Waals surface area contributed by atoms with Gasteiger partial charge in [0.05, 0.1) is 33.3 Å². The molecule has 4 heterocycles. The number of hydrogen-bond donors (Lipinski definition) is 0. The molecule has 0 saturated heterocycles.